The Morgan fingerprint density at radius 3 is 2.40 bits per heavy atom. The molecule has 1 aromatic heterocycles. The number of thioether (sulfide) groups is 1. The molecule has 2 fully saturated rings. The van der Waals surface area contributed by atoms with Crippen molar-refractivity contribution in [1.29, 1.82) is 0 Å². The summed E-state index contributed by atoms with van der Waals surface area (Å²) < 4.78 is 40.8. The van der Waals surface area contributed by atoms with Gasteiger partial charge in [-0.25, -0.2) is 0 Å². The van der Waals surface area contributed by atoms with Gasteiger partial charge in [0.25, 0.3) is 0 Å². The first-order valence-electron chi connectivity index (χ1n) is 13.0. The number of nitrogens with zero attached hydrogens (tertiary/aromatic N) is 4. The van der Waals surface area contributed by atoms with Crippen LogP contribution in [0.1, 0.15) is 86.6 Å². The van der Waals surface area contributed by atoms with Crippen LogP contribution in [0.3, 0.4) is 0 Å². The molecule has 1 aromatic carbocycles. The highest BCUT2D eigenvalue weighted by atomic mass is 32.2. The highest BCUT2D eigenvalue weighted by Gasteiger charge is 2.30. The number of alkyl halides is 3. The molecule has 2 heterocycles. The van der Waals surface area contributed by atoms with E-state index in [0.717, 1.165) is 99.7 Å². The van der Waals surface area contributed by atoms with Crippen LogP contribution in [0.15, 0.2) is 29.4 Å². The Hall–Kier alpha value is -1.58. The SMILES string of the molecule is Cn1c(SCCCN2CCCC[C@H](c3ccc(C(F)(F)F)cc3)CC2)nnc1C1CCC(N)CC1. The summed E-state index contributed by atoms with van der Waals surface area (Å²) in [5, 5.41) is 9.93. The van der Waals surface area contributed by atoms with E-state index in [2.05, 4.69) is 26.7 Å². The molecule has 1 saturated heterocycles. The van der Waals surface area contributed by atoms with Gasteiger partial charge < -0.3 is 15.2 Å². The number of hydrogen-bond donors (Lipinski definition) is 1. The van der Waals surface area contributed by atoms with Gasteiger partial charge in [-0.15, -0.1) is 10.2 Å². The zero-order chi connectivity index (χ0) is 24.8. The summed E-state index contributed by atoms with van der Waals surface area (Å²) in [5.41, 5.74) is 6.52. The number of nitrogens with two attached hydrogens (primary N) is 1. The molecular weight excluding hydrogens is 471 g/mol. The Bertz CT molecular complexity index is 922. The van der Waals surface area contributed by atoms with Crippen LogP contribution in [-0.4, -0.2) is 51.1 Å². The van der Waals surface area contributed by atoms with Crippen molar-refractivity contribution in [3.63, 3.8) is 0 Å². The first-order valence-corrected chi connectivity index (χ1v) is 14.0. The molecular formula is C26H38F3N5S. The molecule has 2 N–H and O–H groups in total. The van der Waals surface area contributed by atoms with Crippen molar-refractivity contribution in [2.24, 2.45) is 12.8 Å². The topological polar surface area (TPSA) is 60.0 Å². The lowest BCUT2D eigenvalue weighted by Gasteiger charge is -2.28. The van der Waals surface area contributed by atoms with Crippen molar-refractivity contribution >= 4 is 11.8 Å². The maximum absolute atomic E-state index is 12.9. The van der Waals surface area contributed by atoms with E-state index < -0.39 is 11.7 Å². The van der Waals surface area contributed by atoms with Crippen LogP contribution >= 0.6 is 11.8 Å². The van der Waals surface area contributed by atoms with Crippen LogP contribution in [0.2, 0.25) is 0 Å². The zero-order valence-electron chi connectivity index (χ0n) is 20.6. The van der Waals surface area contributed by atoms with Gasteiger partial charge in [0.05, 0.1) is 5.56 Å². The van der Waals surface area contributed by atoms with Crippen LogP contribution in [0.25, 0.3) is 0 Å². The van der Waals surface area contributed by atoms with Gasteiger partial charge >= 0.3 is 6.18 Å². The Morgan fingerprint density at radius 2 is 1.69 bits per heavy atom. The van der Waals surface area contributed by atoms with Gasteiger partial charge in [0.15, 0.2) is 5.16 Å². The second-order valence-electron chi connectivity index (χ2n) is 10.2. The predicted octanol–water partition coefficient (Wildman–Crippen LogP) is 5.96. The second kappa shape index (κ2) is 12.1. The molecule has 2 aliphatic rings. The van der Waals surface area contributed by atoms with E-state index >= 15 is 0 Å². The molecule has 0 spiro atoms. The lowest BCUT2D eigenvalue weighted by Crippen LogP contribution is -2.30. The Balaban J connectivity index is 1.22. The molecule has 1 aliphatic heterocycles. The predicted molar refractivity (Wildman–Crippen MR) is 135 cm³/mol. The third-order valence-electron chi connectivity index (χ3n) is 7.64. The number of aromatic nitrogens is 3. The summed E-state index contributed by atoms with van der Waals surface area (Å²) in [6, 6.07) is 6.13. The van der Waals surface area contributed by atoms with E-state index in [1.54, 1.807) is 23.9 Å². The van der Waals surface area contributed by atoms with Crippen molar-refractivity contribution in [2.45, 2.75) is 87.0 Å². The van der Waals surface area contributed by atoms with Crippen LogP contribution in [0.4, 0.5) is 13.2 Å². The lowest BCUT2D eigenvalue weighted by molar-refractivity contribution is -0.137. The van der Waals surface area contributed by atoms with Gasteiger partial charge in [-0.3, -0.25) is 0 Å². The normalized spacial score (nSPS) is 24.8. The highest BCUT2D eigenvalue weighted by molar-refractivity contribution is 7.99. The molecule has 9 heteroatoms. The lowest BCUT2D eigenvalue weighted by atomic mass is 9.86. The zero-order valence-corrected chi connectivity index (χ0v) is 21.5. The van der Waals surface area contributed by atoms with Crippen LogP contribution in [0, 0.1) is 0 Å². The molecule has 4 rings (SSSR count). The van der Waals surface area contributed by atoms with Crippen LogP contribution in [-0.2, 0) is 13.2 Å². The van der Waals surface area contributed by atoms with Crippen molar-refractivity contribution in [1.82, 2.24) is 19.7 Å². The van der Waals surface area contributed by atoms with Gasteiger partial charge in [-0.2, -0.15) is 13.2 Å². The minimum atomic E-state index is -4.27. The minimum Gasteiger partial charge on any atom is -0.328 e. The van der Waals surface area contributed by atoms with E-state index in [-0.39, 0.29) is 0 Å². The van der Waals surface area contributed by atoms with E-state index in [1.807, 2.05) is 0 Å². The number of hydrogen-bond acceptors (Lipinski definition) is 5. The molecule has 35 heavy (non-hydrogen) atoms. The Kier molecular flexibility index (Phi) is 9.16. The molecule has 194 valence electrons. The summed E-state index contributed by atoms with van der Waals surface area (Å²) in [7, 11) is 2.08. The fourth-order valence-corrected chi connectivity index (χ4v) is 6.30. The highest BCUT2D eigenvalue weighted by Crippen LogP contribution is 2.34. The van der Waals surface area contributed by atoms with Gasteiger partial charge in [0.2, 0.25) is 0 Å². The minimum absolute atomic E-state index is 0.334. The Morgan fingerprint density at radius 1 is 0.943 bits per heavy atom. The average molecular weight is 510 g/mol. The maximum Gasteiger partial charge on any atom is 0.416 e. The van der Waals surface area contributed by atoms with Crippen molar-refractivity contribution in [3.05, 3.63) is 41.2 Å². The number of rotatable bonds is 7. The molecule has 2 aromatic rings. The third-order valence-corrected chi connectivity index (χ3v) is 8.74. The van der Waals surface area contributed by atoms with Gasteiger partial charge in [-0.1, -0.05) is 30.3 Å². The number of halogens is 3. The molecule has 5 nitrogen and oxygen atoms in total. The molecule has 0 amide bonds. The summed E-state index contributed by atoms with van der Waals surface area (Å²) >= 11 is 1.78. The average Bonchev–Trinajstić information content (AvgIpc) is 3.18. The summed E-state index contributed by atoms with van der Waals surface area (Å²) in [6.45, 7) is 3.13. The van der Waals surface area contributed by atoms with Gasteiger partial charge in [0.1, 0.15) is 5.82 Å². The van der Waals surface area contributed by atoms with Crippen molar-refractivity contribution in [2.75, 3.05) is 25.4 Å². The van der Waals surface area contributed by atoms with E-state index in [9.17, 15) is 13.2 Å². The monoisotopic (exact) mass is 509 g/mol. The first kappa shape index (κ1) is 26.5. The molecule has 0 bridgehead atoms. The fourth-order valence-electron chi connectivity index (χ4n) is 5.46. The molecule has 0 radical (unpaired) electrons. The van der Waals surface area contributed by atoms with E-state index in [0.29, 0.717) is 17.9 Å². The van der Waals surface area contributed by atoms with Crippen LogP contribution in [0.5, 0.6) is 0 Å². The molecule has 1 aliphatic carbocycles. The maximum atomic E-state index is 12.9. The fraction of sp³-hybridized carbons (Fsp3) is 0.692. The summed E-state index contributed by atoms with van der Waals surface area (Å²) in [4.78, 5) is 2.52. The molecule has 0 unspecified atom stereocenters. The van der Waals surface area contributed by atoms with Crippen molar-refractivity contribution < 1.29 is 13.2 Å². The van der Waals surface area contributed by atoms with Crippen molar-refractivity contribution in [3.8, 4) is 0 Å². The Labute approximate surface area is 211 Å². The van der Waals surface area contributed by atoms with E-state index in [1.165, 1.54) is 12.1 Å². The molecule has 1 saturated carbocycles. The summed E-state index contributed by atoms with van der Waals surface area (Å²) in [6.07, 6.45) is 5.44. The second-order valence-corrected chi connectivity index (χ2v) is 11.2. The first-order chi connectivity index (χ1) is 16.8. The van der Waals surface area contributed by atoms with Gasteiger partial charge in [0, 0.05) is 24.8 Å². The quantitative estimate of drug-likeness (QED) is 0.369. The smallest absolute Gasteiger partial charge is 0.328 e. The number of benzene rings is 1. The summed E-state index contributed by atoms with van der Waals surface area (Å²) in [5.74, 6) is 2.90. The third kappa shape index (κ3) is 7.23. The molecule has 1 atom stereocenters. The number of likely N-dealkylation sites (tertiary alicyclic amines) is 1. The van der Waals surface area contributed by atoms with Crippen LogP contribution < -0.4 is 5.73 Å². The van der Waals surface area contributed by atoms with Gasteiger partial charge in [-0.05, 0) is 94.6 Å². The standard InChI is InChI=1S/C26H38F3N5S/c1-33-24(21-8-12-23(30)13-9-21)31-32-25(33)35-18-4-16-34-15-3-2-5-19(14-17-34)20-6-10-22(11-7-20)26(27,28)29/h6-7,10-11,19,21,23H,2-5,8-9,12-18,30H2,1H3/t19-,21?,23?/m0/s1. The largest absolute Gasteiger partial charge is 0.416 e. The van der Waals surface area contributed by atoms with E-state index in [4.69, 9.17) is 5.73 Å².